The zero-order valence-corrected chi connectivity index (χ0v) is 12.4. The zero-order valence-electron chi connectivity index (χ0n) is 11.6. The maximum absolute atomic E-state index is 10.6. The summed E-state index contributed by atoms with van der Waals surface area (Å²) in [6.45, 7) is 0. The van der Waals surface area contributed by atoms with Crippen molar-refractivity contribution in [2.45, 2.75) is 31.8 Å². The summed E-state index contributed by atoms with van der Waals surface area (Å²) in [7, 11) is 1.61. The fourth-order valence-corrected chi connectivity index (χ4v) is 3.25. The molecule has 0 aromatic heterocycles. The third-order valence-electron chi connectivity index (χ3n) is 3.32. The number of rotatable bonds is 6. The van der Waals surface area contributed by atoms with Crippen molar-refractivity contribution in [3.05, 3.63) is 23.8 Å². The fourth-order valence-electron chi connectivity index (χ4n) is 2.19. The van der Waals surface area contributed by atoms with E-state index in [0.29, 0.717) is 12.2 Å². The molecular formula is C15H20O4S. The largest absolute Gasteiger partial charge is 0.493 e. The maximum atomic E-state index is 10.6. The number of thioether (sulfide) groups is 1. The van der Waals surface area contributed by atoms with Crippen LogP contribution in [0.5, 0.6) is 11.5 Å². The Hall–Kier alpha value is -1.36. The van der Waals surface area contributed by atoms with Crippen molar-refractivity contribution in [1.29, 1.82) is 0 Å². The summed E-state index contributed by atoms with van der Waals surface area (Å²) < 4.78 is 11.4. The first-order valence-corrected chi connectivity index (χ1v) is 7.97. The van der Waals surface area contributed by atoms with Gasteiger partial charge >= 0.3 is 5.97 Å². The first-order valence-electron chi connectivity index (χ1n) is 6.82. The van der Waals surface area contributed by atoms with E-state index in [1.807, 2.05) is 30.0 Å². The van der Waals surface area contributed by atoms with Gasteiger partial charge in [0.1, 0.15) is 6.10 Å². The number of aliphatic carboxylic acids is 1. The Balaban J connectivity index is 2.02. The van der Waals surface area contributed by atoms with E-state index in [2.05, 4.69) is 0 Å². The summed E-state index contributed by atoms with van der Waals surface area (Å²) in [5.74, 6) is 2.94. The van der Waals surface area contributed by atoms with Gasteiger partial charge in [-0.2, -0.15) is 11.8 Å². The number of hydrogen-bond donors (Lipinski definition) is 1. The van der Waals surface area contributed by atoms with Crippen LogP contribution in [-0.2, 0) is 11.2 Å². The number of hydrogen-bond acceptors (Lipinski definition) is 4. The monoisotopic (exact) mass is 296 g/mol. The van der Waals surface area contributed by atoms with Crippen LogP contribution in [0.1, 0.15) is 24.8 Å². The van der Waals surface area contributed by atoms with Crippen molar-refractivity contribution in [2.75, 3.05) is 18.6 Å². The minimum absolute atomic E-state index is 0.128. The Kier molecular flexibility index (Phi) is 5.59. The number of benzene rings is 1. The second-order valence-corrected chi connectivity index (χ2v) is 6.03. The standard InChI is InChI=1S/C15H20O4S/c1-18-14-10-11(3-5-15(16)17)2-4-13(14)19-12-6-8-20-9-7-12/h2,4,10,12H,3,5-9H2,1H3,(H,16,17). The quantitative estimate of drug-likeness (QED) is 0.874. The van der Waals surface area contributed by atoms with Gasteiger partial charge in [-0.1, -0.05) is 6.07 Å². The maximum Gasteiger partial charge on any atom is 0.303 e. The van der Waals surface area contributed by atoms with E-state index in [1.54, 1.807) is 7.11 Å². The Morgan fingerprint density at radius 3 is 2.75 bits per heavy atom. The molecule has 5 heteroatoms. The molecule has 1 aliphatic rings. The molecule has 0 atom stereocenters. The van der Waals surface area contributed by atoms with Gasteiger partial charge in [-0.05, 0) is 48.5 Å². The van der Waals surface area contributed by atoms with Crippen molar-refractivity contribution in [3.63, 3.8) is 0 Å². The highest BCUT2D eigenvalue weighted by atomic mass is 32.2. The molecule has 0 amide bonds. The molecule has 1 saturated heterocycles. The second-order valence-electron chi connectivity index (χ2n) is 4.81. The second kappa shape index (κ2) is 7.43. The lowest BCUT2D eigenvalue weighted by atomic mass is 10.1. The number of carboxylic acid groups (broad SMARTS) is 1. The highest BCUT2D eigenvalue weighted by molar-refractivity contribution is 7.99. The molecule has 0 radical (unpaired) electrons. The van der Waals surface area contributed by atoms with Crippen LogP contribution < -0.4 is 9.47 Å². The SMILES string of the molecule is COc1cc(CCC(=O)O)ccc1OC1CCSCC1. The number of aryl methyl sites for hydroxylation is 1. The highest BCUT2D eigenvalue weighted by Gasteiger charge is 2.17. The third kappa shape index (κ3) is 4.34. The van der Waals surface area contributed by atoms with Crippen molar-refractivity contribution in [2.24, 2.45) is 0 Å². The van der Waals surface area contributed by atoms with E-state index in [4.69, 9.17) is 14.6 Å². The summed E-state index contributed by atoms with van der Waals surface area (Å²) in [5, 5.41) is 8.71. The minimum Gasteiger partial charge on any atom is -0.493 e. The van der Waals surface area contributed by atoms with Gasteiger partial charge < -0.3 is 14.6 Å². The lowest BCUT2D eigenvalue weighted by Gasteiger charge is -2.24. The lowest BCUT2D eigenvalue weighted by molar-refractivity contribution is -0.136. The summed E-state index contributed by atoms with van der Waals surface area (Å²) in [6, 6.07) is 5.67. The summed E-state index contributed by atoms with van der Waals surface area (Å²) in [6.07, 6.45) is 3.02. The number of ether oxygens (including phenoxy) is 2. The summed E-state index contributed by atoms with van der Waals surface area (Å²) >= 11 is 1.96. The molecule has 0 saturated carbocycles. The number of carbonyl (C=O) groups is 1. The van der Waals surface area contributed by atoms with Gasteiger partial charge in [0.25, 0.3) is 0 Å². The topological polar surface area (TPSA) is 55.8 Å². The average Bonchev–Trinajstić information content (AvgIpc) is 2.47. The summed E-state index contributed by atoms with van der Waals surface area (Å²) in [4.78, 5) is 10.6. The highest BCUT2D eigenvalue weighted by Crippen LogP contribution is 2.31. The van der Waals surface area contributed by atoms with Crippen LogP contribution in [0.3, 0.4) is 0 Å². The van der Waals surface area contributed by atoms with Crippen LogP contribution in [0.15, 0.2) is 18.2 Å². The molecule has 1 aliphatic heterocycles. The van der Waals surface area contributed by atoms with Gasteiger partial charge in [-0.15, -0.1) is 0 Å². The Morgan fingerprint density at radius 1 is 1.35 bits per heavy atom. The molecule has 110 valence electrons. The summed E-state index contributed by atoms with van der Waals surface area (Å²) in [5.41, 5.74) is 0.954. The Morgan fingerprint density at radius 2 is 2.10 bits per heavy atom. The van der Waals surface area contributed by atoms with Crippen LogP contribution in [-0.4, -0.2) is 35.8 Å². The fraction of sp³-hybridized carbons (Fsp3) is 0.533. The van der Waals surface area contributed by atoms with Gasteiger partial charge in [0.2, 0.25) is 0 Å². The molecule has 0 unspecified atom stereocenters. The van der Waals surface area contributed by atoms with Gasteiger partial charge in [0.05, 0.1) is 7.11 Å². The molecule has 2 rings (SSSR count). The van der Waals surface area contributed by atoms with E-state index in [1.165, 1.54) is 0 Å². The van der Waals surface area contributed by atoms with Crippen LogP contribution in [0, 0.1) is 0 Å². The van der Waals surface area contributed by atoms with E-state index in [-0.39, 0.29) is 12.5 Å². The molecule has 1 aromatic rings. The minimum atomic E-state index is -0.788. The van der Waals surface area contributed by atoms with Crippen molar-refractivity contribution in [3.8, 4) is 11.5 Å². The van der Waals surface area contributed by atoms with Gasteiger partial charge in [-0.3, -0.25) is 4.79 Å². The van der Waals surface area contributed by atoms with Gasteiger partial charge in [0, 0.05) is 6.42 Å². The number of carboxylic acids is 1. The number of methoxy groups -OCH3 is 1. The Bertz CT molecular complexity index is 455. The molecule has 0 spiro atoms. The molecule has 20 heavy (non-hydrogen) atoms. The van der Waals surface area contributed by atoms with Gasteiger partial charge in [0.15, 0.2) is 11.5 Å². The molecule has 4 nitrogen and oxygen atoms in total. The van der Waals surface area contributed by atoms with Crippen molar-refractivity contribution >= 4 is 17.7 Å². The average molecular weight is 296 g/mol. The van der Waals surface area contributed by atoms with E-state index >= 15 is 0 Å². The molecular weight excluding hydrogens is 276 g/mol. The van der Waals surface area contributed by atoms with E-state index in [0.717, 1.165) is 35.7 Å². The first-order chi connectivity index (χ1) is 9.69. The molecule has 1 aromatic carbocycles. The zero-order chi connectivity index (χ0) is 14.4. The lowest BCUT2D eigenvalue weighted by Crippen LogP contribution is -2.22. The third-order valence-corrected chi connectivity index (χ3v) is 4.37. The van der Waals surface area contributed by atoms with Crippen LogP contribution in [0.4, 0.5) is 0 Å². The van der Waals surface area contributed by atoms with Crippen molar-refractivity contribution in [1.82, 2.24) is 0 Å². The molecule has 1 N–H and O–H groups in total. The van der Waals surface area contributed by atoms with Gasteiger partial charge in [-0.25, -0.2) is 0 Å². The normalized spacial score (nSPS) is 15.8. The Labute approximate surface area is 123 Å². The molecule has 1 heterocycles. The van der Waals surface area contributed by atoms with Crippen LogP contribution in [0.2, 0.25) is 0 Å². The van der Waals surface area contributed by atoms with Crippen LogP contribution >= 0.6 is 11.8 Å². The predicted octanol–water partition coefficient (Wildman–Crippen LogP) is 2.99. The molecule has 1 fully saturated rings. The van der Waals surface area contributed by atoms with Crippen LogP contribution in [0.25, 0.3) is 0 Å². The van der Waals surface area contributed by atoms with E-state index in [9.17, 15) is 4.79 Å². The first kappa shape index (κ1) is 15.0. The smallest absolute Gasteiger partial charge is 0.303 e. The van der Waals surface area contributed by atoms with E-state index < -0.39 is 5.97 Å². The predicted molar refractivity (Wildman–Crippen MR) is 79.9 cm³/mol. The van der Waals surface area contributed by atoms with Crippen molar-refractivity contribution < 1.29 is 19.4 Å². The molecule has 0 aliphatic carbocycles. The molecule has 0 bridgehead atoms.